The standard InChI is InChI=1S/C56H62FNO14SSi.C35H34FNO10S/c1-34(59)66-32-47-51(68-35(2)60)53(70-37(4)62)52(69-36(3)61)50(71-47)41-22-20-39(21-23-41)42-26-29-45(46(30-42)67-31-38-16-12-10-13-17-38)49-54(55(63)58(49)44-18-14-11-15-19-44)73(64,65)33-48(40-24-27-43(57)28-25-40)72-74(8,9)56(5,6)7;36-23-13-10-20(11-14-23)27(40)18-48(45,46)34-29(37(35(34)44)24-4-2-1-3-5-24)25-15-12-22(16-26(25)39)19-6-8-21(9-7-19)33-32(43)31(42)30(41)28(17-38)47-33/h10-30,47-54H,31-33H2,1-9H3;1-16,27-34,38-43H,17-18H2/t47-,48+,49-,50?,51-,52+,53+,54-;27-,28+,29+,30+,31-,32+,33?,34+/m10/s1. The van der Waals surface area contributed by atoms with Gasteiger partial charge in [0.1, 0.15) is 79.1 Å². The summed E-state index contributed by atoms with van der Waals surface area (Å²) in [6.07, 6.45) is -15.4. The highest BCUT2D eigenvalue weighted by atomic mass is 32.2. The van der Waals surface area contributed by atoms with Crippen molar-refractivity contribution in [3.8, 4) is 33.8 Å². The molecule has 16 atom stereocenters. The summed E-state index contributed by atoms with van der Waals surface area (Å²) >= 11 is 0. The van der Waals surface area contributed by atoms with Crippen molar-refractivity contribution in [2.24, 2.45) is 0 Å². The van der Waals surface area contributed by atoms with Crippen molar-refractivity contribution < 1.29 is 123 Å². The Balaban J connectivity index is 0.000000244. The van der Waals surface area contributed by atoms with E-state index in [2.05, 4.69) is 0 Å². The fraction of sp³-hybridized carbons (Fsp3) is 0.341. The Kier molecular flexibility index (Phi) is 28.0. The topological polar surface area (TPSA) is 372 Å². The van der Waals surface area contributed by atoms with Gasteiger partial charge in [-0.05, 0) is 129 Å². The highest BCUT2D eigenvalue weighted by molar-refractivity contribution is 7.93. The zero-order valence-corrected chi connectivity index (χ0v) is 70.8. The number of aliphatic hydroxyl groups is 5. The van der Waals surface area contributed by atoms with E-state index in [1.54, 1.807) is 133 Å². The van der Waals surface area contributed by atoms with E-state index in [1.807, 2.05) is 64.2 Å². The number of phenolic OH excluding ortho intramolecular Hbond substituents is 1. The summed E-state index contributed by atoms with van der Waals surface area (Å²) in [5, 5.41) is 58.7. The van der Waals surface area contributed by atoms with Crippen LogP contribution in [0.25, 0.3) is 22.3 Å². The van der Waals surface area contributed by atoms with Gasteiger partial charge in [-0.3, -0.25) is 28.8 Å². The Hall–Kier alpha value is -10.9. The van der Waals surface area contributed by atoms with Gasteiger partial charge in [-0.25, -0.2) is 25.6 Å². The normalized spacial score (nSPS) is 23.4. The lowest BCUT2D eigenvalue weighted by molar-refractivity contribution is -0.254. The molecule has 4 fully saturated rings. The summed E-state index contributed by atoms with van der Waals surface area (Å²) < 4.78 is 133. The molecular weight excluding hydrogens is 1640 g/mol. The summed E-state index contributed by atoms with van der Waals surface area (Å²) in [4.78, 5) is 80.1. The van der Waals surface area contributed by atoms with E-state index in [0.29, 0.717) is 61.6 Å². The van der Waals surface area contributed by atoms with Crippen molar-refractivity contribution >= 4 is 75.1 Å². The molecule has 644 valence electrons. The second-order valence-corrected chi connectivity index (χ2v) is 41.0. The number of phenols is 1. The number of halogens is 2. The number of para-hydroxylation sites is 2. The van der Waals surface area contributed by atoms with Crippen LogP contribution < -0.4 is 14.5 Å². The van der Waals surface area contributed by atoms with Crippen LogP contribution in [0.15, 0.2) is 224 Å². The number of ether oxygens (including phenoxy) is 7. The average Bonchev–Trinajstić information content (AvgIpc) is 0.716. The van der Waals surface area contributed by atoms with Gasteiger partial charge in [0.25, 0.3) is 0 Å². The van der Waals surface area contributed by atoms with Gasteiger partial charge in [0.2, 0.25) is 11.8 Å². The predicted molar refractivity (Wildman–Crippen MR) is 447 cm³/mol. The quantitative estimate of drug-likeness (QED) is 0.0120. The molecule has 2 unspecified atom stereocenters. The first-order valence-electron chi connectivity index (χ1n) is 39.4. The Morgan fingerprint density at radius 1 is 0.508 bits per heavy atom. The molecule has 0 bridgehead atoms. The molecule has 4 heterocycles. The molecule has 31 heteroatoms. The van der Waals surface area contributed by atoms with Gasteiger partial charge in [-0.15, -0.1) is 0 Å². The first-order chi connectivity index (χ1) is 57.8. The van der Waals surface area contributed by atoms with Crippen LogP contribution in [0.3, 0.4) is 0 Å². The van der Waals surface area contributed by atoms with Crippen molar-refractivity contribution in [1.82, 2.24) is 0 Å². The maximum absolute atomic E-state index is 15.1. The molecule has 2 amide bonds. The molecular formula is C91H96F2N2O24S2Si. The van der Waals surface area contributed by atoms with Gasteiger partial charge in [0.05, 0.1) is 42.4 Å². The molecule has 0 radical (unpaired) electrons. The Morgan fingerprint density at radius 3 is 1.44 bits per heavy atom. The molecule has 0 saturated carbocycles. The van der Waals surface area contributed by atoms with Crippen LogP contribution in [0.1, 0.15) is 124 Å². The third-order valence-corrected chi connectivity index (χ3v) is 30.9. The number of hydrogen-bond donors (Lipinski definition) is 6. The largest absolute Gasteiger partial charge is 0.508 e. The third kappa shape index (κ3) is 20.2. The maximum atomic E-state index is 15.1. The first-order valence-corrected chi connectivity index (χ1v) is 45.7. The molecule has 4 saturated heterocycles. The molecule has 122 heavy (non-hydrogen) atoms. The number of esters is 4. The number of aromatic hydroxyl groups is 1. The molecule has 4 aliphatic heterocycles. The van der Waals surface area contributed by atoms with Crippen LogP contribution in [0.2, 0.25) is 18.1 Å². The van der Waals surface area contributed by atoms with Crippen LogP contribution in [-0.4, -0.2) is 176 Å². The Labute approximate surface area is 706 Å². The highest BCUT2D eigenvalue weighted by Gasteiger charge is 2.60. The van der Waals surface area contributed by atoms with Crippen molar-refractivity contribution in [3.63, 3.8) is 0 Å². The minimum atomic E-state index is -4.36. The van der Waals surface area contributed by atoms with Crippen LogP contribution in [0.5, 0.6) is 11.5 Å². The molecule has 9 aromatic carbocycles. The smallest absolute Gasteiger partial charge is 0.303 e. The summed E-state index contributed by atoms with van der Waals surface area (Å²) in [6, 6.07) is 58.3. The maximum Gasteiger partial charge on any atom is 0.303 e. The summed E-state index contributed by atoms with van der Waals surface area (Å²) in [5.41, 5.74) is 6.38. The van der Waals surface area contributed by atoms with E-state index in [4.69, 9.17) is 37.6 Å². The lowest BCUT2D eigenvalue weighted by Crippen LogP contribution is -2.63. The number of hydrogen-bond acceptors (Lipinski definition) is 24. The number of nitrogens with zero attached hydrogens (tertiary/aromatic N) is 2. The van der Waals surface area contributed by atoms with Gasteiger partial charge in [-0.2, -0.15) is 0 Å². The van der Waals surface area contributed by atoms with E-state index < -0.39 is 189 Å². The number of sulfone groups is 2. The lowest BCUT2D eigenvalue weighted by Gasteiger charge is -2.47. The number of β-lactam (4-membered cyclic amide) rings is 2. The van der Waals surface area contributed by atoms with Crippen LogP contribution in [-0.2, 0) is 87.9 Å². The number of rotatable bonds is 27. The summed E-state index contributed by atoms with van der Waals surface area (Å²) in [5.74, 6) is -6.58. The number of aliphatic hydroxyl groups excluding tert-OH is 5. The van der Waals surface area contributed by atoms with Crippen molar-refractivity contribution in [2.75, 3.05) is 34.5 Å². The number of carbonyl (C=O) groups is 6. The van der Waals surface area contributed by atoms with Gasteiger partial charge >= 0.3 is 23.9 Å². The van der Waals surface area contributed by atoms with Gasteiger partial charge < -0.3 is 78.0 Å². The summed E-state index contributed by atoms with van der Waals surface area (Å²) in [6.45, 7) is 13.9. The first kappa shape index (κ1) is 90.3. The number of benzene rings is 9. The van der Waals surface area contributed by atoms with E-state index in [-0.39, 0.29) is 35.1 Å². The second kappa shape index (κ2) is 37.8. The monoisotopic (exact) mass is 1730 g/mol. The molecule has 0 aliphatic carbocycles. The molecule has 0 spiro atoms. The minimum absolute atomic E-state index is 0.0928. The van der Waals surface area contributed by atoms with Crippen LogP contribution in [0.4, 0.5) is 20.2 Å². The van der Waals surface area contributed by atoms with Crippen molar-refractivity contribution in [1.29, 1.82) is 0 Å². The van der Waals surface area contributed by atoms with E-state index in [0.717, 1.165) is 31.5 Å². The third-order valence-electron chi connectivity index (χ3n) is 22.4. The summed E-state index contributed by atoms with van der Waals surface area (Å²) in [7, 11) is -11.3. The predicted octanol–water partition coefficient (Wildman–Crippen LogP) is 11.8. The zero-order valence-electron chi connectivity index (χ0n) is 68.1. The molecule has 0 aromatic heterocycles. The molecule has 13 rings (SSSR count). The number of anilines is 2. The highest BCUT2D eigenvalue weighted by Crippen LogP contribution is 2.51. The number of carbonyl (C=O) groups excluding carboxylic acids is 6. The Bertz CT molecular complexity index is 5460. The fourth-order valence-corrected chi connectivity index (χ4v) is 20.5. The number of amides is 2. The van der Waals surface area contributed by atoms with E-state index in [9.17, 15) is 76.6 Å². The molecule has 6 N–H and O–H groups in total. The SMILES string of the molecule is CC(=O)OC[C@H]1OC(c2ccc(-c3ccc([C@@H]4[C@@H](S(=O)(=O)C[C@H](O[Si](C)(C)C(C)(C)C)c5ccc(F)cc5)C(=O)N4c4ccccc4)c(OCc4ccccc4)c3)cc2)[C@H](OC(C)=O)[C@@H](OC(C)=O)[C@@H]1OC(C)=O.O=C1[C@H](S(=O)(=O)C[C@H](O)c2ccc(F)cc2)[C@@H](c2ccc(-c3ccc(C4O[C@H](CO)[C@@H](O)[C@H](O)[C@H]4O)cc3)cc2O)N1c1ccccc1. The van der Waals surface area contributed by atoms with Crippen LogP contribution in [0, 0.1) is 11.6 Å². The molecule has 26 nitrogen and oxygen atoms in total. The van der Waals surface area contributed by atoms with E-state index >= 15 is 8.42 Å². The van der Waals surface area contributed by atoms with Gasteiger partial charge in [0, 0.05) is 50.2 Å². The van der Waals surface area contributed by atoms with Gasteiger partial charge in [-0.1, -0.05) is 185 Å². The molecule has 4 aliphatic rings. The fourth-order valence-electron chi connectivity index (χ4n) is 15.2. The van der Waals surface area contributed by atoms with Crippen molar-refractivity contribution in [3.05, 3.63) is 275 Å². The van der Waals surface area contributed by atoms with Crippen molar-refractivity contribution in [2.45, 2.75) is 169 Å². The van der Waals surface area contributed by atoms with Gasteiger partial charge in [0.15, 0.2) is 56.8 Å². The zero-order chi connectivity index (χ0) is 88.0. The Morgan fingerprint density at radius 2 is 0.951 bits per heavy atom. The van der Waals surface area contributed by atoms with Crippen LogP contribution >= 0.6 is 0 Å². The minimum Gasteiger partial charge on any atom is -0.508 e. The lowest BCUT2D eigenvalue weighted by atomic mass is 9.88. The molecule has 9 aromatic rings. The second-order valence-electron chi connectivity index (χ2n) is 31.9. The average molecular weight is 1730 g/mol. The van der Waals surface area contributed by atoms with E-state index in [1.165, 1.54) is 72.2 Å².